The van der Waals surface area contributed by atoms with Gasteiger partial charge in [0.05, 0.1) is 22.0 Å². The second-order valence-electron chi connectivity index (χ2n) is 4.66. The van der Waals surface area contributed by atoms with Crippen LogP contribution in [0.15, 0.2) is 29.2 Å². The van der Waals surface area contributed by atoms with Crippen LogP contribution in [0.1, 0.15) is 10.4 Å². The number of hydrogen-bond acceptors (Lipinski definition) is 5. The van der Waals surface area contributed by atoms with Gasteiger partial charge >= 0.3 is 0 Å². The first-order valence-corrected chi connectivity index (χ1v) is 9.28. The SMILES string of the molecule is NS(=O)(=O)c1cc(C(=O)NO)c(Nc2ccc(I)cc2Cl)c(F)c1F. The molecule has 0 aliphatic carbocycles. The Labute approximate surface area is 159 Å². The number of benzene rings is 2. The maximum Gasteiger partial charge on any atom is 0.276 e. The van der Waals surface area contributed by atoms with Crippen molar-refractivity contribution >= 4 is 61.5 Å². The summed E-state index contributed by atoms with van der Waals surface area (Å²) in [5, 5.41) is 16.1. The summed E-state index contributed by atoms with van der Waals surface area (Å²) in [6.07, 6.45) is 0. The van der Waals surface area contributed by atoms with Crippen LogP contribution in [0.2, 0.25) is 5.02 Å². The lowest BCUT2D eigenvalue weighted by molar-refractivity contribution is 0.0706. The highest BCUT2D eigenvalue weighted by Crippen LogP contribution is 2.33. The second-order valence-corrected chi connectivity index (χ2v) is 7.84. The van der Waals surface area contributed by atoms with E-state index in [-0.39, 0.29) is 10.7 Å². The van der Waals surface area contributed by atoms with Gasteiger partial charge in [0.15, 0.2) is 11.6 Å². The predicted octanol–water partition coefficient (Wildman–Crippen LogP) is 2.73. The highest BCUT2D eigenvalue weighted by molar-refractivity contribution is 14.1. The minimum Gasteiger partial charge on any atom is -0.351 e. The number of hydrogen-bond donors (Lipinski definition) is 4. The molecule has 0 aliphatic heterocycles. The molecule has 0 atom stereocenters. The van der Waals surface area contributed by atoms with Crippen molar-refractivity contribution in [3.63, 3.8) is 0 Å². The third kappa shape index (κ3) is 4.17. The smallest absolute Gasteiger partial charge is 0.276 e. The lowest BCUT2D eigenvalue weighted by Crippen LogP contribution is -2.23. The van der Waals surface area contributed by atoms with E-state index in [0.717, 1.165) is 3.57 Å². The number of anilines is 2. The summed E-state index contributed by atoms with van der Waals surface area (Å²) in [5.41, 5.74) is -0.0773. The molecule has 2 aromatic rings. The van der Waals surface area contributed by atoms with Crippen molar-refractivity contribution < 1.29 is 27.2 Å². The summed E-state index contributed by atoms with van der Waals surface area (Å²) >= 11 is 7.97. The van der Waals surface area contributed by atoms with E-state index >= 15 is 0 Å². The topological polar surface area (TPSA) is 122 Å². The summed E-state index contributed by atoms with van der Waals surface area (Å²) in [5.74, 6) is -4.74. The van der Waals surface area contributed by atoms with Crippen molar-refractivity contribution in [2.24, 2.45) is 5.14 Å². The molecule has 0 unspecified atom stereocenters. The number of rotatable bonds is 4. The van der Waals surface area contributed by atoms with E-state index in [9.17, 15) is 22.0 Å². The van der Waals surface area contributed by atoms with Gasteiger partial charge in [0.2, 0.25) is 10.0 Å². The minimum absolute atomic E-state index is 0.121. The van der Waals surface area contributed by atoms with E-state index in [1.165, 1.54) is 17.6 Å². The van der Waals surface area contributed by atoms with E-state index in [1.807, 2.05) is 22.6 Å². The third-order valence-electron chi connectivity index (χ3n) is 3.02. The zero-order valence-electron chi connectivity index (χ0n) is 12.0. The van der Waals surface area contributed by atoms with E-state index in [2.05, 4.69) is 5.32 Å². The molecule has 12 heteroatoms. The zero-order chi connectivity index (χ0) is 18.9. The standard InChI is InChI=1S/C13H9ClF2IN3O4S/c14-7-3-5(17)1-2-8(7)19-12-6(13(21)20-22)4-9(25(18,23)24)10(15)11(12)16/h1-4,19,22H,(H,20,21)(H2,18,23,24). The van der Waals surface area contributed by atoms with Crippen LogP contribution < -0.4 is 15.9 Å². The number of primary sulfonamides is 1. The van der Waals surface area contributed by atoms with Crippen LogP contribution in [0.4, 0.5) is 20.2 Å². The summed E-state index contributed by atoms with van der Waals surface area (Å²) in [6, 6.07) is 5.06. The largest absolute Gasteiger partial charge is 0.351 e. The van der Waals surface area contributed by atoms with Gasteiger partial charge < -0.3 is 5.32 Å². The fraction of sp³-hybridized carbons (Fsp3) is 0. The molecule has 0 bridgehead atoms. The Morgan fingerprint density at radius 1 is 1.24 bits per heavy atom. The van der Waals surface area contributed by atoms with Crippen molar-refractivity contribution in [2.75, 3.05) is 5.32 Å². The number of carbonyl (C=O) groups excluding carboxylic acids is 1. The molecule has 0 saturated heterocycles. The fourth-order valence-corrected chi connectivity index (χ4v) is 3.42. The Balaban J connectivity index is 2.71. The van der Waals surface area contributed by atoms with Crippen LogP contribution in [0.3, 0.4) is 0 Å². The van der Waals surface area contributed by atoms with E-state index in [4.69, 9.17) is 21.9 Å². The molecule has 0 radical (unpaired) electrons. The summed E-state index contributed by atoms with van der Waals surface area (Å²) in [6.45, 7) is 0. The fourth-order valence-electron chi connectivity index (χ4n) is 1.90. The Morgan fingerprint density at radius 2 is 1.88 bits per heavy atom. The quantitative estimate of drug-likeness (QED) is 0.290. The number of nitrogens with two attached hydrogens (primary N) is 1. The van der Waals surface area contributed by atoms with E-state index in [0.29, 0.717) is 6.07 Å². The van der Waals surface area contributed by atoms with Crippen LogP contribution in [0.25, 0.3) is 0 Å². The van der Waals surface area contributed by atoms with Gasteiger partial charge in [0.1, 0.15) is 4.90 Å². The monoisotopic (exact) mass is 503 g/mol. The van der Waals surface area contributed by atoms with Crippen molar-refractivity contribution in [3.05, 3.63) is 50.1 Å². The molecule has 134 valence electrons. The molecule has 0 fully saturated rings. The summed E-state index contributed by atoms with van der Waals surface area (Å²) < 4.78 is 51.9. The van der Waals surface area contributed by atoms with E-state index in [1.54, 1.807) is 6.07 Å². The molecule has 25 heavy (non-hydrogen) atoms. The first kappa shape index (κ1) is 19.8. The molecular formula is C13H9ClF2IN3O4S. The van der Waals surface area contributed by atoms with Crippen molar-refractivity contribution in [3.8, 4) is 0 Å². The Hall–Kier alpha value is -1.54. The van der Waals surface area contributed by atoms with Crippen LogP contribution in [0.5, 0.6) is 0 Å². The molecular weight excluding hydrogens is 495 g/mol. The van der Waals surface area contributed by atoms with E-state index < -0.39 is 43.7 Å². The summed E-state index contributed by atoms with van der Waals surface area (Å²) in [7, 11) is -4.66. The highest BCUT2D eigenvalue weighted by atomic mass is 127. The number of nitrogens with one attached hydrogen (secondary N) is 2. The molecule has 2 aromatic carbocycles. The molecule has 7 nitrogen and oxygen atoms in total. The number of carbonyl (C=O) groups is 1. The van der Waals surface area contributed by atoms with Crippen molar-refractivity contribution in [1.29, 1.82) is 0 Å². The minimum atomic E-state index is -4.66. The average molecular weight is 504 g/mol. The lowest BCUT2D eigenvalue weighted by atomic mass is 10.1. The van der Waals surface area contributed by atoms with Gasteiger partial charge in [0, 0.05) is 3.57 Å². The molecule has 5 N–H and O–H groups in total. The van der Waals surface area contributed by atoms with Crippen LogP contribution >= 0.6 is 34.2 Å². The van der Waals surface area contributed by atoms with Crippen molar-refractivity contribution in [2.45, 2.75) is 4.90 Å². The third-order valence-corrected chi connectivity index (χ3v) is 4.91. The molecule has 0 spiro atoms. The van der Waals surface area contributed by atoms with Gasteiger partial charge in [-0.3, -0.25) is 10.0 Å². The van der Waals surface area contributed by atoms with Crippen LogP contribution in [-0.2, 0) is 10.0 Å². The average Bonchev–Trinajstić information content (AvgIpc) is 2.52. The number of amides is 1. The molecule has 2 rings (SSSR count). The predicted molar refractivity (Wildman–Crippen MR) is 94.4 cm³/mol. The molecule has 0 heterocycles. The first-order valence-electron chi connectivity index (χ1n) is 6.27. The molecule has 0 saturated carbocycles. The summed E-state index contributed by atoms with van der Waals surface area (Å²) in [4.78, 5) is 10.5. The van der Waals surface area contributed by atoms with Gasteiger partial charge in [-0.15, -0.1) is 0 Å². The maximum atomic E-state index is 14.4. The van der Waals surface area contributed by atoms with Gasteiger partial charge in [0.25, 0.3) is 5.91 Å². The number of hydroxylamine groups is 1. The zero-order valence-corrected chi connectivity index (χ0v) is 15.7. The van der Waals surface area contributed by atoms with Crippen molar-refractivity contribution in [1.82, 2.24) is 5.48 Å². The highest BCUT2D eigenvalue weighted by Gasteiger charge is 2.27. The Kier molecular flexibility index (Phi) is 5.83. The maximum absolute atomic E-state index is 14.4. The molecule has 1 amide bonds. The molecule has 0 aromatic heterocycles. The lowest BCUT2D eigenvalue weighted by Gasteiger charge is -2.15. The van der Waals surface area contributed by atoms with Crippen LogP contribution in [0, 0.1) is 15.2 Å². The first-order chi connectivity index (χ1) is 11.6. The van der Waals surface area contributed by atoms with Gasteiger partial charge in [-0.1, -0.05) is 11.6 Å². The number of halogens is 4. The Bertz CT molecular complexity index is 972. The van der Waals surface area contributed by atoms with Gasteiger partial charge in [-0.2, -0.15) is 0 Å². The number of sulfonamides is 1. The Morgan fingerprint density at radius 3 is 2.40 bits per heavy atom. The van der Waals surface area contributed by atoms with Gasteiger partial charge in [-0.05, 0) is 46.9 Å². The van der Waals surface area contributed by atoms with Gasteiger partial charge in [-0.25, -0.2) is 27.8 Å². The second kappa shape index (κ2) is 7.37. The van der Waals surface area contributed by atoms with Crippen LogP contribution in [-0.4, -0.2) is 19.5 Å². The normalized spacial score (nSPS) is 11.3. The molecule has 0 aliphatic rings.